The fourth-order valence-electron chi connectivity index (χ4n) is 7.95. The molecule has 0 bridgehead atoms. The van der Waals surface area contributed by atoms with Crippen molar-refractivity contribution in [2.24, 2.45) is 0 Å². The first kappa shape index (κ1) is 59.5. The minimum atomic E-state index is -6.01. The van der Waals surface area contributed by atoms with E-state index in [0.29, 0.717) is 0 Å². The summed E-state index contributed by atoms with van der Waals surface area (Å²) in [6.07, 6.45) is -19.1. The highest BCUT2D eigenvalue weighted by atomic mass is 79.9. The van der Waals surface area contributed by atoms with Crippen LogP contribution in [0.2, 0.25) is 0 Å². The maximum atomic E-state index is 13.9. The van der Waals surface area contributed by atoms with Gasteiger partial charge in [-0.25, -0.2) is 67.7 Å². The Hall–Kier alpha value is -3.16. The van der Waals surface area contributed by atoms with Crippen molar-refractivity contribution in [1.82, 2.24) is 58.6 Å². The Balaban J connectivity index is 0.929. The second kappa shape index (κ2) is 22.2. The van der Waals surface area contributed by atoms with E-state index in [1.165, 1.54) is 10.9 Å². The summed E-state index contributed by atoms with van der Waals surface area (Å²) in [6, 6.07) is 0. The van der Waals surface area contributed by atoms with Crippen LogP contribution in [0.5, 0.6) is 0 Å². The van der Waals surface area contributed by atoms with Crippen LogP contribution >= 0.6 is 86.9 Å². The van der Waals surface area contributed by atoms with Crippen LogP contribution in [-0.2, 0) is 68.3 Å². The van der Waals surface area contributed by atoms with E-state index in [2.05, 4.69) is 106 Å². The lowest BCUT2D eigenvalue weighted by Crippen LogP contribution is -2.37. The molecule has 16 N–H and O–H groups in total. The molecule has 6 aromatic heterocycles. The molecule has 16 atom stereocenters. The third kappa shape index (κ3) is 12.7. The lowest BCUT2D eigenvalue weighted by Gasteiger charge is -2.25. The number of phosphoric ester groups is 3. The van der Waals surface area contributed by atoms with Crippen LogP contribution in [0.3, 0.4) is 0 Å². The minimum absolute atomic E-state index is 0.0337. The van der Waals surface area contributed by atoms with Crippen molar-refractivity contribution in [3.8, 4) is 0 Å². The van der Waals surface area contributed by atoms with Crippen LogP contribution in [0.4, 0.5) is 17.5 Å². The average Bonchev–Trinajstić information content (AvgIpc) is 4.36. The zero-order valence-corrected chi connectivity index (χ0v) is 47.1. The van der Waals surface area contributed by atoms with Gasteiger partial charge >= 0.3 is 39.1 Å². The lowest BCUT2D eigenvalue weighted by atomic mass is 10.1. The second-order valence-corrected chi connectivity index (χ2v) is 25.7. The molecular formula is C30H37Br3N15O25P5. The molecule has 0 spiro atoms. The number of aliphatic hydroxyl groups excluding tert-OH is 4. The number of nitrogens with two attached hydrogens (primary N) is 3. The summed E-state index contributed by atoms with van der Waals surface area (Å²) in [4.78, 5) is 96.3. The van der Waals surface area contributed by atoms with Gasteiger partial charge in [-0.15, -0.1) is 0 Å². The van der Waals surface area contributed by atoms with Gasteiger partial charge in [-0.2, -0.15) is 8.62 Å². The summed E-state index contributed by atoms with van der Waals surface area (Å²) < 4.78 is 117. The number of aromatic nitrogens is 12. The first-order chi connectivity index (χ1) is 36.3. The monoisotopic (exact) mass is 1400 g/mol. The summed E-state index contributed by atoms with van der Waals surface area (Å²) in [7, 11) is -28.8. The number of fused-ring (bicyclic) bond motifs is 3. The Bertz CT molecular complexity index is 3530. The Morgan fingerprint density at radius 1 is 0.474 bits per heavy atom. The molecule has 0 radical (unpaired) electrons. The van der Waals surface area contributed by atoms with Crippen molar-refractivity contribution < 1.29 is 118 Å². The van der Waals surface area contributed by atoms with Crippen LogP contribution in [-0.4, -0.2) is 183 Å². The molecule has 3 aliphatic heterocycles. The van der Waals surface area contributed by atoms with Crippen molar-refractivity contribution in [1.29, 1.82) is 0 Å². The number of rotatable bonds is 20. The first-order valence-electron chi connectivity index (χ1n) is 21.0. The van der Waals surface area contributed by atoms with Crippen LogP contribution in [0.1, 0.15) is 18.7 Å². The Morgan fingerprint density at radius 3 is 1.18 bits per heavy atom. The molecule has 48 heteroatoms. The highest BCUT2D eigenvalue weighted by Crippen LogP contribution is 2.66. The van der Waals surface area contributed by atoms with Crippen molar-refractivity contribution in [2.75, 3.05) is 37.0 Å². The summed E-state index contributed by atoms with van der Waals surface area (Å²) >= 11 is 9.25. The molecular weight excluding hydrogens is 1360 g/mol. The summed E-state index contributed by atoms with van der Waals surface area (Å²) in [6.45, 7) is -3.42. The molecule has 3 fully saturated rings. The number of hydrogen-bond acceptors (Lipinski definition) is 31. The molecule has 0 amide bonds. The first-order valence-corrected chi connectivity index (χ1v) is 30.9. The Labute approximate surface area is 456 Å². The molecule has 9 rings (SSSR count). The third-order valence-corrected chi connectivity index (χ3v) is 18.0. The van der Waals surface area contributed by atoms with E-state index in [4.69, 9.17) is 59.3 Å². The normalized spacial score (nSPS) is 30.0. The van der Waals surface area contributed by atoms with Gasteiger partial charge in [0.2, 0.25) is 14.2 Å². The van der Waals surface area contributed by atoms with E-state index in [1.807, 2.05) is 0 Å². The zero-order chi connectivity index (χ0) is 56.8. The standard InChI is InChI=1S/C30H37Br3N15O25P5/c31-28-40-19(34)10-22(43-28)46(4-37-10)25-16(52)13(49)7(67-25)1-64-75(56,57)70-17-14(50)8(68-26(17)47-5-38-11-20(35)41-29(32)44-23(11)47)2-65-76(58,59)71-18-15(51)9(3-66-77(60,61)73-78(62,63)72-74(53,54)55)69-27(18)48-6-39-12-21(36)42-30(33)45-24(12)48/h4-9,13-18,25-27,49-52H,1-3H2,(H,56,57)(H,58,59)(H,60,61)(H,62,63)(H2,34,40,43)(H2,35,41,44)(H2,36,42,45)(H2,53,54,55)/t7-,8-,9-,13-,14-,15-,16-,17-,18-,25-,26-,27-/m1/s1. The van der Waals surface area contributed by atoms with Crippen molar-refractivity contribution in [2.45, 2.75) is 73.6 Å². The molecule has 4 unspecified atom stereocenters. The number of hydrogen-bond donors (Lipinski definition) is 13. The predicted octanol–water partition coefficient (Wildman–Crippen LogP) is -0.976. The van der Waals surface area contributed by atoms with Gasteiger partial charge in [-0.1, -0.05) is 0 Å². The maximum Gasteiger partial charge on any atom is 0.490 e. The summed E-state index contributed by atoms with van der Waals surface area (Å²) in [5.74, 6) is -0.409. The van der Waals surface area contributed by atoms with Crippen LogP contribution < -0.4 is 17.2 Å². The molecule has 3 aliphatic rings. The largest absolute Gasteiger partial charge is 0.490 e. The van der Waals surface area contributed by atoms with Crippen molar-refractivity contribution >= 4 is 138 Å². The van der Waals surface area contributed by atoms with Gasteiger partial charge in [0, 0.05) is 0 Å². The van der Waals surface area contributed by atoms with E-state index in [9.17, 15) is 62.8 Å². The fraction of sp³-hybridized carbons (Fsp3) is 0.500. The number of nitrogens with zero attached hydrogens (tertiary/aromatic N) is 12. The number of aliphatic hydroxyl groups is 4. The Kier molecular flexibility index (Phi) is 16.9. The topological polar surface area (TPSA) is 589 Å². The van der Waals surface area contributed by atoms with Gasteiger partial charge in [0.15, 0.2) is 53.1 Å². The van der Waals surface area contributed by atoms with Gasteiger partial charge in [0.1, 0.15) is 71.5 Å². The highest BCUT2D eigenvalue weighted by molar-refractivity contribution is 9.10. The van der Waals surface area contributed by atoms with Crippen molar-refractivity contribution in [3.63, 3.8) is 0 Å². The smallest absolute Gasteiger partial charge is 0.387 e. The van der Waals surface area contributed by atoms with Gasteiger partial charge in [0.25, 0.3) is 0 Å². The number of halogens is 3. The SMILES string of the molecule is Nc1nc(Br)nc2c1ncn2[C@@H]1O[C@H](COP(=O)(O)O[C@@H]2[C@H](O)[C@@H](COP(=O)(O)O[C@@H]3[C@H](O)[C@@H](COP(=O)(O)OP(=O)(O)OP(=O)(O)O)O[C@H]3n3cnc4c(N)nc(Br)nc43)O[C@H]2n2cnc3c(N)nc(Br)nc32)[C@@H](O)[C@H]1O. The molecule has 0 aliphatic carbocycles. The minimum Gasteiger partial charge on any atom is -0.387 e. The van der Waals surface area contributed by atoms with E-state index in [1.54, 1.807) is 0 Å². The zero-order valence-electron chi connectivity index (χ0n) is 37.8. The molecule has 3 saturated heterocycles. The van der Waals surface area contributed by atoms with Crippen molar-refractivity contribution in [3.05, 3.63) is 33.2 Å². The van der Waals surface area contributed by atoms with Crippen LogP contribution in [0.25, 0.3) is 33.5 Å². The summed E-state index contributed by atoms with van der Waals surface area (Å²) in [5, 5.41) is 45.0. The van der Waals surface area contributed by atoms with Gasteiger partial charge < -0.3 is 81.2 Å². The van der Waals surface area contributed by atoms with E-state index >= 15 is 0 Å². The number of imidazole rings is 3. The lowest BCUT2D eigenvalue weighted by molar-refractivity contribution is -0.0644. The number of ether oxygens (including phenoxy) is 3. The van der Waals surface area contributed by atoms with Crippen LogP contribution in [0.15, 0.2) is 33.2 Å². The predicted molar refractivity (Wildman–Crippen MR) is 259 cm³/mol. The number of phosphoric acid groups is 5. The number of nitrogen functional groups attached to an aromatic ring is 3. The van der Waals surface area contributed by atoms with Gasteiger partial charge in [-0.05, 0) is 47.8 Å². The quantitative estimate of drug-likeness (QED) is 0.0323. The van der Waals surface area contributed by atoms with E-state index in [-0.39, 0.29) is 65.1 Å². The summed E-state index contributed by atoms with van der Waals surface area (Å²) in [5.41, 5.74) is 17.7. The van der Waals surface area contributed by atoms with Gasteiger partial charge in [0.05, 0.1) is 38.8 Å². The highest BCUT2D eigenvalue weighted by Gasteiger charge is 2.54. The van der Waals surface area contributed by atoms with Gasteiger partial charge in [-0.3, -0.25) is 36.3 Å². The fourth-order valence-corrected chi connectivity index (χ4v) is 13.9. The van der Waals surface area contributed by atoms with Crippen LogP contribution in [0, 0.1) is 0 Å². The second-order valence-electron chi connectivity index (χ2n) is 16.3. The molecule has 40 nitrogen and oxygen atoms in total. The molecule has 9 heterocycles. The maximum absolute atomic E-state index is 13.9. The van der Waals surface area contributed by atoms with E-state index in [0.717, 1.165) is 21.8 Å². The molecule has 428 valence electrons. The van der Waals surface area contributed by atoms with E-state index < -0.39 is 133 Å². The third-order valence-electron chi connectivity index (χ3n) is 11.2. The molecule has 78 heavy (non-hydrogen) atoms. The average molecular weight is 1400 g/mol. The molecule has 0 saturated carbocycles. The molecule has 0 aromatic carbocycles. The Morgan fingerprint density at radius 2 is 0.808 bits per heavy atom. The number of anilines is 3. The molecule has 6 aromatic rings.